The number of amides is 1. The molecule has 3 heterocycles. The topological polar surface area (TPSA) is 64.2 Å². The van der Waals surface area contributed by atoms with E-state index >= 15 is 0 Å². The van der Waals surface area contributed by atoms with Gasteiger partial charge in [0.05, 0.1) is 12.0 Å². The molecule has 2 aliphatic rings. The fraction of sp³-hybridized carbons (Fsp3) is 0.435. The normalized spacial score (nSPS) is 21.4. The van der Waals surface area contributed by atoms with E-state index in [-0.39, 0.29) is 5.91 Å². The molecule has 7 heteroatoms. The summed E-state index contributed by atoms with van der Waals surface area (Å²) in [6.45, 7) is 0.892. The number of carbonyl (C=O) groups excluding carboxylic acids is 1. The molecule has 1 amide bonds. The summed E-state index contributed by atoms with van der Waals surface area (Å²) in [5, 5.41) is 9.46. The largest absolute Gasteiger partial charge is 0.461 e. The van der Waals surface area contributed by atoms with Crippen LogP contribution in [0.3, 0.4) is 0 Å². The van der Waals surface area contributed by atoms with Gasteiger partial charge in [-0.05, 0) is 55.9 Å². The van der Waals surface area contributed by atoms with E-state index in [0.717, 1.165) is 25.1 Å². The summed E-state index contributed by atoms with van der Waals surface area (Å²) in [7, 11) is 0. The lowest BCUT2D eigenvalue weighted by Gasteiger charge is -2.44. The molecule has 2 aromatic heterocycles. The Morgan fingerprint density at radius 1 is 1.03 bits per heavy atom. The number of likely N-dealkylation sites (tertiary alicyclic amines) is 1. The van der Waals surface area contributed by atoms with Crippen LogP contribution in [0.25, 0.3) is 17.3 Å². The molecule has 2 fully saturated rings. The summed E-state index contributed by atoms with van der Waals surface area (Å²) in [5.41, 5.74) is 0.953. The highest BCUT2D eigenvalue weighted by Gasteiger charge is 2.35. The van der Waals surface area contributed by atoms with Crippen molar-refractivity contribution in [2.24, 2.45) is 5.92 Å². The third-order valence-electron chi connectivity index (χ3n) is 6.28. The number of furan rings is 1. The number of nitrogens with zero attached hydrogens (tertiary/aromatic N) is 4. The van der Waals surface area contributed by atoms with Gasteiger partial charge in [0.2, 0.25) is 11.7 Å². The van der Waals surface area contributed by atoms with Gasteiger partial charge in [0, 0.05) is 18.3 Å². The van der Waals surface area contributed by atoms with Gasteiger partial charge >= 0.3 is 0 Å². The molecular formula is C23H26N4O2S. The minimum Gasteiger partial charge on any atom is -0.461 e. The van der Waals surface area contributed by atoms with E-state index in [9.17, 15) is 4.79 Å². The van der Waals surface area contributed by atoms with Crippen LogP contribution in [0, 0.1) is 5.92 Å². The van der Waals surface area contributed by atoms with E-state index in [4.69, 9.17) is 4.42 Å². The molecule has 156 valence electrons. The molecule has 1 aromatic carbocycles. The molecular weight excluding hydrogens is 396 g/mol. The average molecular weight is 423 g/mol. The van der Waals surface area contributed by atoms with Gasteiger partial charge in [-0.2, -0.15) is 0 Å². The average Bonchev–Trinajstić information content (AvgIpc) is 3.47. The lowest BCUT2D eigenvalue weighted by Crippen LogP contribution is -2.50. The molecule has 6 nitrogen and oxygen atoms in total. The standard InChI is InChI=1S/C23H26N4O2S/c28-21(26-14-6-9-17-8-4-5-12-19(17)26)16-30-23-25-24-22(20-13-7-15-29-20)27(23)18-10-2-1-3-11-18/h1-3,7,10-11,13,15,17,19H,4-6,8-9,12,14,16H2. The number of thioether (sulfide) groups is 1. The van der Waals surface area contributed by atoms with Gasteiger partial charge < -0.3 is 9.32 Å². The zero-order valence-electron chi connectivity index (χ0n) is 16.9. The highest BCUT2D eigenvalue weighted by molar-refractivity contribution is 7.99. The van der Waals surface area contributed by atoms with Crippen LogP contribution < -0.4 is 0 Å². The molecule has 5 rings (SSSR count). The van der Waals surface area contributed by atoms with Crippen molar-refractivity contribution in [3.63, 3.8) is 0 Å². The fourth-order valence-electron chi connectivity index (χ4n) is 4.88. The number of hydrogen-bond donors (Lipinski definition) is 0. The summed E-state index contributed by atoms with van der Waals surface area (Å²) in [6, 6.07) is 14.1. The first-order valence-corrected chi connectivity index (χ1v) is 11.8. The Balaban J connectivity index is 1.37. The van der Waals surface area contributed by atoms with E-state index < -0.39 is 0 Å². The molecule has 2 unspecified atom stereocenters. The highest BCUT2D eigenvalue weighted by atomic mass is 32.2. The predicted molar refractivity (Wildman–Crippen MR) is 116 cm³/mol. The van der Waals surface area contributed by atoms with Crippen LogP contribution in [-0.2, 0) is 4.79 Å². The van der Waals surface area contributed by atoms with E-state index in [1.807, 2.05) is 47.0 Å². The van der Waals surface area contributed by atoms with Crippen molar-refractivity contribution >= 4 is 17.7 Å². The van der Waals surface area contributed by atoms with Crippen LogP contribution >= 0.6 is 11.8 Å². The Labute approximate surface area is 180 Å². The van der Waals surface area contributed by atoms with Gasteiger partial charge in [0.25, 0.3) is 0 Å². The number of rotatable bonds is 5. The van der Waals surface area contributed by atoms with Gasteiger partial charge in [0.1, 0.15) is 0 Å². The third kappa shape index (κ3) is 3.78. The minimum absolute atomic E-state index is 0.221. The maximum Gasteiger partial charge on any atom is 0.233 e. The van der Waals surface area contributed by atoms with Crippen LogP contribution in [0.2, 0.25) is 0 Å². The van der Waals surface area contributed by atoms with Crippen LogP contribution in [0.5, 0.6) is 0 Å². The van der Waals surface area contributed by atoms with Gasteiger partial charge in [-0.3, -0.25) is 9.36 Å². The van der Waals surface area contributed by atoms with Crippen LogP contribution in [0.15, 0.2) is 58.3 Å². The molecule has 1 aliphatic carbocycles. The molecule has 0 N–H and O–H groups in total. The lowest BCUT2D eigenvalue weighted by atomic mass is 9.78. The Morgan fingerprint density at radius 2 is 1.87 bits per heavy atom. The summed E-state index contributed by atoms with van der Waals surface area (Å²) >= 11 is 1.46. The fourth-order valence-corrected chi connectivity index (χ4v) is 5.72. The van der Waals surface area contributed by atoms with E-state index in [1.165, 1.54) is 37.4 Å². The molecule has 30 heavy (non-hydrogen) atoms. The molecule has 3 aromatic rings. The van der Waals surface area contributed by atoms with Crippen molar-refractivity contribution in [2.45, 2.75) is 49.7 Å². The Kier molecular flexibility index (Phi) is 5.62. The smallest absolute Gasteiger partial charge is 0.233 e. The number of carbonyl (C=O) groups is 1. The van der Waals surface area contributed by atoms with Crippen LogP contribution in [-0.4, -0.2) is 43.9 Å². The molecule has 1 aliphatic heterocycles. The summed E-state index contributed by atoms with van der Waals surface area (Å²) in [5.74, 6) is 2.60. The van der Waals surface area contributed by atoms with Crippen LogP contribution in [0.4, 0.5) is 0 Å². The van der Waals surface area contributed by atoms with Crippen molar-refractivity contribution in [1.29, 1.82) is 0 Å². The Hall–Kier alpha value is -2.54. The second-order valence-corrected chi connectivity index (χ2v) is 9.03. The van der Waals surface area contributed by atoms with Gasteiger partial charge in [-0.1, -0.05) is 42.8 Å². The third-order valence-corrected chi connectivity index (χ3v) is 7.19. The number of aromatic nitrogens is 3. The van der Waals surface area contributed by atoms with E-state index in [0.29, 0.717) is 34.5 Å². The SMILES string of the molecule is O=C(CSc1nnc(-c2ccco2)n1-c1ccccc1)N1CCCC2CCCCC21. The van der Waals surface area contributed by atoms with Gasteiger partial charge in [0.15, 0.2) is 10.9 Å². The monoisotopic (exact) mass is 422 g/mol. The molecule has 1 saturated heterocycles. The zero-order chi connectivity index (χ0) is 20.3. The maximum atomic E-state index is 13.1. The first kappa shape index (κ1) is 19.4. The van der Waals surface area contributed by atoms with Gasteiger partial charge in [-0.25, -0.2) is 0 Å². The Bertz CT molecular complexity index is 984. The Morgan fingerprint density at radius 3 is 2.70 bits per heavy atom. The van der Waals surface area contributed by atoms with Gasteiger partial charge in [-0.15, -0.1) is 10.2 Å². The number of fused-ring (bicyclic) bond motifs is 1. The van der Waals surface area contributed by atoms with Crippen molar-refractivity contribution in [2.75, 3.05) is 12.3 Å². The molecule has 0 bridgehead atoms. The first-order chi connectivity index (χ1) is 14.8. The summed E-state index contributed by atoms with van der Waals surface area (Å²) in [6.07, 6.45) is 9.02. The number of benzene rings is 1. The summed E-state index contributed by atoms with van der Waals surface area (Å²) in [4.78, 5) is 15.3. The quantitative estimate of drug-likeness (QED) is 0.553. The van der Waals surface area contributed by atoms with E-state index in [1.54, 1.807) is 6.26 Å². The number of piperidine rings is 1. The van der Waals surface area contributed by atoms with Crippen molar-refractivity contribution < 1.29 is 9.21 Å². The highest BCUT2D eigenvalue weighted by Crippen LogP contribution is 2.36. The van der Waals surface area contributed by atoms with E-state index in [2.05, 4.69) is 15.1 Å². The predicted octanol–water partition coefficient (Wildman–Crippen LogP) is 4.80. The first-order valence-electron chi connectivity index (χ1n) is 10.8. The zero-order valence-corrected chi connectivity index (χ0v) is 17.8. The minimum atomic E-state index is 0.221. The molecule has 0 radical (unpaired) electrons. The molecule has 0 spiro atoms. The van der Waals surface area contributed by atoms with Crippen molar-refractivity contribution in [3.05, 3.63) is 48.7 Å². The number of para-hydroxylation sites is 1. The molecule has 2 atom stereocenters. The summed E-state index contributed by atoms with van der Waals surface area (Å²) < 4.78 is 7.54. The lowest BCUT2D eigenvalue weighted by molar-refractivity contribution is -0.134. The maximum absolute atomic E-state index is 13.1. The second-order valence-electron chi connectivity index (χ2n) is 8.08. The molecule has 1 saturated carbocycles. The van der Waals surface area contributed by atoms with Crippen molar-refractivity contribution in [1.82, 2.24) is 19.7 Å². The van der Waals surface area contributed by atoms with Crippen molar-refractivity contribution in [3.8, 4) is 17.3 Å². The van der Waals surface area contributed by atoms with Crippen LogP contribution in [0.1, 0.15) is 38.5 Å². The number of hydrogen-bond acceptors (Lipinski definition) is 5. The second kappa shape index (κ2) is 8.68.